The highest BCUT2D eigenvalue weighted by Crippen LogP contribution is 2.38. The van der Waals surface area contributed by atoms with Crippen molar-refractivity contribution in [3.63, 3.8) is 0 Å². The van der Waals surface area contributed by atoms with Gasteiger partial charge in [0, 0.05) is 16.0 Å². The lowest BCUT2D eigenvalue weighted by atomic mass is 10.00. The third-order valence-corrected chi connectivity index (χ3v) is 6.62. The first-order valence-corrected chi connectivity index (χ1v) is 11.2. The molecule has 0 radical (unpaired) electrons. The van der Waals surface area contributed by atoms with Gasteiger partial charge in [0.15, 0.2) is 0 Å². The SMILES string of the molecule is O=C(Nc1ccc2[nH]c(=O)[nH]c2c1)c1c2c(nc3ccccc13)/C(=C\c1cccs1)CC2. The number of hydrogen-bond acceptors (Lipinski definition) is 4. The lowest BCUT2D eigenvalue weighted by molar-refractivity contribution is 0.102. The zero-order chi connectivity index (χ0) is 21.7. The van der Waals surface area contributed by atoms with Crippen LogP contribution in [0.5, 0.6) is 0 Å². The molecule has 0 atom stereocenters. The van der Waals surface area contributed by atoms with Crippen LogP contribution in [0.15, 0.2) is 64.8 Å². The minimum absolute atomic E-state index is 0.172. The molecule has 0 saturated heterocycles. The Balaban J connectivity index is 1.46. The fourth-order valence-electron chi connectivity index (χ4n) is 4.39. The van der Waals surface area contributed by atoms with Crippen LogP contribution in [0.4, 0.5) is 5.69 Å². The molecule has 6 rings (SSSR count). The van der Waals surface area contributed by atoms with Crippen LogP contribution in [0.2, 0.25) is 0 Å². The first-order valence-electron chi connectivity index (χ1n) is 10.4. The van der Waals surface area contributed by atoms with Crippen molar-refractivity contribution in [2.75, 3.05) is 5.32 Å². The predicted octanol–water partition coefficient (Wildman–Crippen LogP) is 5.21. The summed E-state index contributed by atoms with van der Waals surface area (Å²) in [4.78, 5) is 36.6. The van der Waals surface area contributed by atoms with Crippen molar-refractivity contribution in [3.8, 4) is 0 Å². The topological polar surface area (TPSA) is 90.6 Å². The highest BCUT2D eigenvalue weighted by molar-refractivity contribution is 7.10. The number of aromatic amines is 2. The van der Waals surface area contributed by atoms with E-state index in [1.807, 2.05) is 30.3 Å². The summed E-state index contributed by atoms with van der Waals surface area (Å²) in [5.74, 6) is -0.172. The van der Waals surface area contributed by atoms with E-state index in [9.17, 15) is 9.59 Å². The minimum Gasteiger partial charge on any atom is -0.322 e. The summed E-state index contributed by atoms with van der Waals surface area (Å²) in [6.45, 7) is 0. The maximum atomic E-state index is 13.5. The van der Waals surface area contributed by atoms with Gasteiger partial charge in [-0.2, -0.15) is 0 Å². The zero-order valence-corrected chi connectivity index (χ0v) is 17.8. The molecule has 0 bridgehead atoms. The van der Waals surface area contributed by atoms with Gasteiger partial charge in [0.25, 0.3) is 5.91 Å². The number of carbonyl (C=O) groups is 1. The molecule has 32 heavy (non-hydrogen) atoms. The number of H-pyrrole nitrogens is 2. The number of fused-ring (bicyclic) bond motifs is 3. The van der Waals surface area contributed by atoms with Crippen LogP contribution < -0.4 is 11.0 Å². The summed E-state index contributed by atoms with van der Waals surface area (Å²) in [5, 5.41) is 5.93. The van der Waals surface area contributed by atoms with Crippen LogP contribution in [0.1, 0.15) is 32.9 Å². The van der Waals surface area contributed by atoms with E-state index >= 15 is 0 Å². The number of imidazole rings is 1. The zero-order valence-electron chi connectivity index (χ0n) is 16.9. The number of carbonyl (C=O) groups excluding carboxylic acids is 1. The number of thiophene rings is 1. The number of benzene rings is 2. The van der Waals surface area contributed by atoms with Crippen molar-refractivity contribution in [1.29, 1.82) is 0 Å². The average Bonchev–Trinajstić information content (AvgIpc) is 3.52. The summed E-state index contributed by atoms with van der Waals surface area (Å²) >= 11 is 1.69. The van der Waals surface area contributed by atoms with Crippen LogP contribution in [0.25, 0.3) is 33.6 Å². The largest absolute Gasteiger partial charge is 0.323 e. The summed E-state index contributed by atoms with van der Waals surface area (Å²) < 4.78 is 0. The Labute approximate surface area is 186 Å². The first-order chi connectivity index (χ1) is 15.7. The third kappa shape index (κ3) is 3.14. The Morgan fingerprint density at radius 1 is 1.03 bits per heavy atom. The number of nitrogens with zero attached hydrogens (tertiary/aromatic N) is 1. The predicted molar refractivity (Wildman–Crippen MR) is 129 cm³/mol. The number of rotatable bonds is 3. The van der Waals surface area contributed by atoms with E-state index in [1.54, 1.807) is 29.5 Å². The van der Waals surface area contributed by atoms with E-state index in [0.717, 1.165) is 40.6 Å². The Morgan fingerprint density at radius 2 is 1.91 bits per heavy atom. The van der Waals surface area contributed by atoms with Gasteiger partial charge in [0.1, 0.15) is 0 Å². The molecule has 1 amide bonds. The van der Waals surface area contributed by atoms with Crippen LogP contribution >= 0.6 is 11.3 Å². The minimum atomic E-state index is -0.272. The van der Waals surface area contributed by atoms with Crippen LogP contribution in [0.3, 0.4) is 0 Å². The number of hydrogen-bond donors (Lipinski definition) is 3. The Bertz CT molecular complexity index is 1590. The van der Waals surface area contributed by atoms with Crippen molar-refractivity contribution in [2.24, 2.45) is 0 Å². The molecule has 3 aromatic heterocycles. The third-order valence-electron chi connectivity index (χ3n) is 5.80. The Kier molecular flexibility index (Phi) is 4.29. The monoisotopic (exact) mass is 438 g/mol. The molecule has 3 N–H and O–H groups in total. The average molecular weight is 439 g/mol. The maximum absolute atomic E-state index is 13.5. The molecule has 0 unspecified atom stereocenters. The maximum Gasteiger partial charge on any atom is 0.323 e. The van der Waals surface area contributed by atoms with Gasteiger partial charge in [-0.25, -0.2) is 9.78 Å². The van der Waals surface area contributed by atoms with E-state index in [0.29, 0.717) is 22.3 Å². The number of pyridine rings is 1. The van der Waals surface area contributed by atoms with E-state index in [2.05, 4.69) is 32.8 Å². The van der Waals surface area contributed by atoms with Gasteiger partial charge in [0.2, 0.25) is 0 Å². The smallest absolute Gasteiger partial charge is 0.322 e. The standard InChI is InChI=1S/C25H18N4O2S/c30-24(26-15-8-10-20-21(13-15)29-25(31)28-20)22-17-5-1-2-6-19(17)27-23-14(7-9-18(22)23)12-16-4-3-11-32-16/h1-6,8,10-13H,7,9H2,(H,26,30)(H2,28,29,31)/b14-12-. The van der Waals surface area contributed by atoms with Crippen molar-refractivity contribution in [1.82, 2.24) is 15.0 Å². The molecule has 0 saturated carbocycles. The molecule has 6 nitrogen and oxygen atoms in total. The van der Waals surface area contributed by atoms with E-state index in [1.165, 1.54) is 4.88 Å². The van der Waals surface area contributed by atoms with Gasteiger partial charge in [-0.15, -0.1) is 11.3 Å². The fraction of sp³-hybridized carbons (Fsp3) is 0.0800. The van der Waals surface area contributed by atoms with Crippen molar-refractivity contribution >= 4 is 56.5 Å². The Morgan fingerprint density at radius 3 is 2.78 bits per heavy atom. The van der Waals surface area contributed by atoms with Crippen LogP contribution in [-0.4, -0.2) is 20.9 Å². The van der Waals surface area contributed by atoms with Gasteiger partial charge in [-0.05, 0) is 65.8 Å². The van der Waals surface area contributed by atoms with Crippen LogP contribution in [-0.2, 0) is 6.42 Å². The molecule has 7 heteroatoms. The molecule has 1 aliphatic carbocycles. The number of aromatic nitrogens is 3. The molecule has 0 spiro atoms. The highest BCUT2D eigenvalue weighted by atomic mass is 32.1. The second-order valence-electron chi connectivity index (χ2n) is 7.81. The molecular formula is C25H18N4O2S. The second kappa shape index (κ2) is 7.32. The number of nitrogens with one attached hydrogen (secondary N) is 3. The van der Waals surface area contributed by atoms with E-state index in [4.69, 9.17) is 4.98 Å². The number of allylic oxidation sites excluding steroid dienone is 1. The fourth-order valence-corrected chi connectivity index (χ4v) is 5.07. The summed E-state index contributed by atoms with van der Waals surface area (Å²) in [6, 6.07) is 17.2. The number of amides is 1. The van der Waals surface area contributed by atoms with Gasteiger partial charge in [0.05, 0.1) is 27.8 Å². The molecule has 0 aliphatic heterocycles. The Hall–Kier alpha value is -3.97. The normalized spacial score (nSPS) is 14.3. The lowest BCUT2D eigenvalue weighted by Crippen LogP contribution is -2.15. The molecule has 156 valence electrons. The number of para-hydroxylation sites is 1. The van der Waals surface area contributed by atoms with Crippen molar-refractivity contribution in [3.05, 3.63) is 92.2 Å². The quantitative estimate of drug-likeness (QED) is 0.361. The van der Waals surface area contributed by atoms with E-state index < -0.39 is 0 Å². The molecule has 3 heterocycles. The molecule has 5 aromatic rings. The first kappa shape index (κ1) is 18.8. The summed E-state index contributed by atoms with van der Waals surface area (Å²) in [5.41, 5.74) is 6.24. The van der Waals surface area contributed by atoms with Gasteiger partial charge in [-0.1, -0.05) is 24.3 Å². The molecular weight excluding hydrogens is 420 g/mol. The summed E-state index contributed by atoms with van der Waals surface area (Å²) in [6.07, 6.45) is 3.81. The molecule has 0 fully saturated rings. The van der Waals surface area contributed by atoms with Crippen LogP contribution in [0, 0.1) is 0 Å². The van der Waals surface area contributed by atoms with Gasteiger partial charge < -0.3 is 15.3 Å². The molecule has 2 aromatic carbocycles. The van der Waals surface area contributed by atoms with Crippen molar-refractivity contribution < 1.29 is 4.79 Å². The second-order valence-corrected chi connectivity index (χ2v) is 8.79. The van der Waals surface area contributed by atoms with Gasteiger partial charge in [-0.3, -0.25) is 4.79 Å². The van der Waals surface area contributed by atoms with E-state index in [-0.39, 0.29) is 11.6 Å². The molecule has 1 aliphatic rings. The highest BCUT2D eigenvalue weighted by Gasteiger charge is 2.27. The van der Waals surface area contributed by atoms with Gasteiger partial charge >= 0.3 is 5.69 Å². The van der Waals surface area contributed by atoms with Crippen molar-refractivity contribution in [2.45, 2.75) is 12.8 Å². The number of anilines is 1. The lowest BCUT2D eigenvalue weighted by Gasteiger charge is -2.13. The summed E-state index contributed by atoms with van der Waals surface area (Å²) in [7, 11) is 0.